The van der Waals surface area contributed by atoms with E-state index in [-0.39, 0.29) is 6.61 Å². The molecule has 0 aliphatic carbocycles. The van der Waals surface area contributed by atoms with E-state index in [9.17, 15) is 9.00 Å². The number of esters is 1. The molecule has 0 fully saturated rings. The molecule has 0 saturated heterocycles. The summed E-state index contributed by atoms with van der Waals surface area (Å²) in [6.45, 7) is 7.15. The lowest BCUT2D eigenvalue weighted by molar-refractivity contribution is -0.141. The van der Waals surface area contributed by atoms with Gasteiger partial charge in [-0.3, -0.25) is 9.00 Å². The number of hydrogen-bond acceptors (Lipinski definition) is 3. The van der Waals surface area contributed by atoms with Gasteiger partial charge in [-0.25, -0.2) is 0 Å². The first kappa shape index (κ1) is 13.6. The van der Waals surface area contributed by atoms with Crippen LogP contribution in [0, 0.1) is 6.92 Å². The van der Waals surface area contributed by atoms with E-state index in [2.05, 4.69) is 6.58 Å². The minimum Gasteiger partial charge on any atom is -0.461 e. The Morgan fingerprint density at radius 3 is 2.59 bits per heavy atom. The fourth-order valence-electron chi connectivity index (χ4n) is 1.22. The Kier molecular flexibility index (Phi) is 5.10. The molecule has 1 aromatic carbocycles. The molecule has 17 heavy (non-hydrogen) atoms. The van der Waals surface area contributed by atoms with E-state index >= 15 is 0 Å². The average molecular weight is 252 g/mol. The summed E-state index contributed by atoms with van der Waals surface area (Å²) in [4.78, 5) is 12.2. The van der Waals surface area contributed by atoms with E-state index in [4.69, 9.17) is 4.74 Å². The predicted octanol–water partition coefficient (Wildman–Crippen LogP) is 2.22. The number of benzene rings is 1. The Labute approximate surface area is 104 Å². The molecule has 2 unspecified atom stereocenters. The van der Waals surface area contributed by atoms with Gasteiger partial charge in [0.2, 0.25) is 0 Å². The molecule has 92 valence electrons. The SMILES string of the molecule is C=CCOC(=O)C(C)S(=O)c1ccc(C)cc1. The smallest absolute Gasteiger partial charge is 0.322 e. The van der Waals surface area contributed by atoms with Gasteiger partial charge in [0, 0.05) is 4.90 Å². The van der Waals surface area contributed by atoms with Crippen molar-refractivity contribution >= 4 is 16.8 Å². The van der Waals surface area contributed by atoms with E-state index in [0.29, 0.717) is 4.90 Å². The van der Waals surface area contributed by atoms with Gasteiger partial charge >= 0.3 is 5.97 Å². The maximum atomic E-state index is 12.0. The maximum Gasteiger partial charge on any atom is 0.322 e. The lowest BCUT2D eigenvalue weighted by Gasteiger charge is -2.10. The molecule has 0 radical (unpaired) electrons. The molecular formula is C13H16O3S. The predicted molar refractivity (Wildman–Crippen MR) is 68.2 cm³/mol. The van der Waals surface area contributed by atoms with Crippen LogP contribution in [0.3, 0.4) is 0 Å². The van der Waals surface area contributed by atoms with Gasteiger partial charge in [0.05, 0.1) is 10.8 Å². The zero-order chi connectivity index (χ0) is 12.8. The average Bonchev–Trinajstić information content (AvgIpc) is 2.35. The lowest BCUT2D eigenvalue weighted by Crippen LogP contribution is -2.25. The number of hydrogen-bond donors (Lipinski definition) is 0. The summed E-state index contributed by atoms with van der Waals surface area (Å²) >= 11 is 0. The lowest BCUT2D eigenvalue weighted by atomic mass is 10.2. The number of aryl methyl sites for hydroxylation is 1. The Morgan fingerprint density at radius 1 is 1.47 bits per heavy atom. The van der Waals surface area contributed by atoms with Gasteiger partial charge in [0.25, 0.3) is 0 Å². The van der Waals surface area contributed by atoms with E-state index in [1.165, 1.54) is 6.08 Å². The van der Waals surface area contributed by atoms with E-state index < -0.39 is 22.0 Å². The van der Waals surface area contributed by atoms with Crippen LogP contribution in [0.2, 0.25) is 0 Å². The van der Waals surface area contributed by atoms with Crippen LogP contribution in [0.25, 0.3) is 0 Å². The fraction of sp³-hybridized carbons (Fsp3) is 0.308. The highest BCUT2D eigenvalue weighted by Gasteiger charge is 2.22. The Morgan fingerprint density at radius 2 is 2.06 bits per heavy atom. The minimum absolute atomic E-state index is 0.147. The van der Waals surface area contributed by atoms with Crippen molar-refractivity contribution in [1.82, 2.24) is 0 Å². The van der Waals surface area contributed by atoms with E-state index in [1.807, 2.05) is 19.1 Å². The van der Waals surface area contributed by atoms with E-state index in [1.54, 1.807) is 19.1 Å². The van der Waals surface area contributed by atoms with Gasteiger partial charge in [0.1, 0.15) is 11.9 Å². The van der Waals surface area contributed by atoms with Crippen molar-refractivity contribution in [2.45, 2.75) is 24.0 Å². The molecular weight excluding hydrogens is 236 g/mol. The second-order valence-electron chi connectivity index (χ2n) is 3.67. The van der Waals surface area contributed by atoms with Crippen molar-refractivity contribution in [3.63, 3.8) is 0 Å². The highest BCUT2D eigenvalue weighted by Crippen LogP contribution is 2.13. The van der Waals surface area contributed by atoms with Crippen LogP contribution < -0.4 is 0 Å². The summed E-state index contributed by atoms with van der Waals surface area (Å²) in [5, 5.41) is -0.669. The molecule has 3 nitrogen and oxygen atoms in total. The third kappa shape index (κ3) is 3.82. The van der Waals surface area contributed by atoms with Crippen LogP contribution in [0.5, 0.6) is 0 Å². The summed E-state index contributed by atoms with van der Waals surface area (Å²) in [6.07, 6.45) is 1.49. The molecule has 0 bridgehead atoms. The molecule has 0 aromatic heterocycles. The molecule has 1 rings (SSSR count). The normalized spacial score (nSPS) is 13.8. The van der Waals surface area contributed by atoms with Crippen LogP contribution in [-0.2, 0) is 20.3 Å². The van der Waals surface area contributed by atoms with Crippen LogP contribution >= 0.6 is 0 Å². The molecule has 0 aliphatic heterocycles. The van der Waals surface area contributed by atoms with Crippen molar-refractivity contribution in [1.29, 1.82) is 0 Å². The maximum absolute atomic E-state index is 12.0. The second-order valence-corrected chi connectivity index (χ2v) is 5.44. The van der Waals surface area contributed by atoms with Crippen LogP contribution in [0.4, 0.5) is 0 Å². The van der Waals surface area contributed by atoms with Crippen LogP contribution in [0.1, 0.15) is 12.5 Å². The molecule has 0 spiro atoms. The molecule has 0 amide bonds. The summed E-state index contributed by atoms with van der Waals surface area (Å²) < 4.78 is 16.9. The molecule has 0 heterocycles. The van der Waals surface area contributed by atoms with Crippen molar-refractivity contribution in [3.8, 4) is 0 Å². The molecule has 0 N–H and O–H groups in total. The minimum atomic E-state index is -1.38. The van der Waals surface area contributed by atoms with Gasteiger partial charge in [-0.2, -0.15) is 0 Å². The van der Waals surface area contributed by atoms with Crippen molar-refractivity contribution < 1.29 is 13.7 Å². The fourth-order valence-corrected chi connectivity index (χ4v) is 2.28. The molecule has 1 aromatic rings. The third-order valence-electron chi connectivity index (χ3n) is 2.25. The standard InChI is InChI=1S/C13H16O3S/c1-4-9-16-13(14)11(3)17(15)12-7-5-10(2)6-8-12/h4-8,11H,1,9H2,2-3H3. The van der Waals surface area contributed by atoms with Crippen LogP contribution in [-0.4, -0.2) is 22.0 Å². The highest BCUT2D eigenvalue weighted by molar-refractivity contribution is 7.86. The molecule has 0 saturated carbocycles. The van der Waals surface area contributed by atoms with E-state index in [0.717, 1.165) is 5.56 Å². The Balaban J connectivity index is 2.72. The van der Waals surface area contributed by atoms with Gasteiger partial charge in [-0.15, -0.1) is 0 Å². The van der Waals surface area contributed by atoms with Gasteiger partial charge in [0.15, 0.2) is 0 Å². The summed E-state index contributed by atoms with van der Waals surface area (Å²) in [6, 6.07) is 7.27. The number of carbonyl (C=O) groups excluding carboxylic acids is 1. The number of rotatable bonds is 5. The largest absolute Gasteiger partial charge is 0.461 e. The van der Waals surface area contributed by atoms with Crippen LogP contribution in [0.15, 0.2) is 41.8 Å². The van der Waals surface area contributed by atoms with Crippen molar-refractivity contribution in [2.24, 2.45) is 0 Å². The molecule has 0 aliphatic rings. The molecule has 4 heteroatoms. The monoisotopic (exact) mass is 252 g/mol. The Hall–Kier alpha value is -1.42. The summed E-state index contributed by atoms with van der Waals surface area (Å²) in [5.41, 5.74) is 1.09. The summed E-state index contributed by atoms with van der Waals surface area (Å²) in [7, 11) is -1.38. The molecule has 2 atom stereocenters. The zero-order valence-corrected chi connectivity index (χ0v) is 10.8. The Bertz CT molecular complexity index is 423. The highest BCUT2D eigenvalue weighted by atomic mass is 32.2. The number of ether oxygens (including phenoxy) is 1. The first-order chi connectivity index (χ1) is 8.06. The summed E-state index contributed by atoms with van der Waals surface area (Å²) in [5.74, 6) is -0.469. The van der Waals surface area contributed by atoms with Gasteiger partial charge in [-0.1, -0.05) is 30.4 Å². The first-order valence-corrected chi connectivity index (χ1v) is 6.52. The van der Waals surface area contributed by atoms with Gasteiger partial charge in [-0.05, 0) is 26.0 Å². The quantitative estimate of drug-likeness (QED) is 0.596. The third-order valence-corrected chi connectivity index (χ3v) is 3.82. The topological polar surface area (TPSA) is 43.4 Å². The van der Waals surface area contributed by atoms with Crippen molar-refractivity contribution in [2.75, 3.05) is 6.61 Å². The van der Waals surface area contributed by atoms with Gasteiger partial charge < -0.3 is 4.74 Å². The van der Waals surface area contributed by atoms with Crippen molar-refractivity contribution in [3.05, 3.63) is 42.5 Å². The second kappa shape index (κ2) is 6.35. The first-order valence-electron chi connectivity index (χ1n) is 5.31. The zero-order valence-electron chi connectivity index (χ0n) is 10.0. The number of carbonyl (C=O) groups is 1.